The molecule has 0 saturated carbocycles. The minimum atomic E-state index is -0.245. The van der Waals surface area contributed by atoms with Crippen molar-refractivity contribution >= 4 is 5.97 Å². The van der Waals surface area contributed by atoms with Crippen LogP contribution in [0.1, 0.15) is 63.4 Å². The van der Waals surface area contributed by atoms with Crippen LogP contribution in [0.2, 0.25) is 0 Å². The molecule has 28 heavy (non-hydrogen) atoms. The highest BCUT2D eigenvalue weighted by Gasteiger charge is 2.38. The van der Waals surface area contributed by atoms with E-state index in [0.717, 1.165) is 23.3 Å². The van der Waals surface area contributed by atoms with E-state index >= 15 is 0 Å². The summed E-state index contributed by atoms with van der Waals surface area (Å²) in [5.74, 6) is 6.98. The first-order chi connectivity index (χ1) is 13.2. The van der Waals surface area contributed by atoms with Crippen molar-refractivity contribution in [1.82, 2.24) is 4.98 Å². The molecule has 0 N–H and O–H groups in total. The van der Waals surface area contributed by atoms with Gasteiger partial charge in [0.25, 0.3) is 0 Å². The molecule has 3 rings (SSSR count). The maximum Gasteiger partial charge on any atom is 0.310 e. The average molecular weight is 377 g/mol. The number of nitrogens with zero attached hydrogens (tertiary/aromatic N) is 1. The molecule has 0 aliphatic carbocycles. The first kappa shape index (κ1) is 19.9. The van der Waals surface area contributed by atoms with Crippen molar-refractivity contribution in [3.63, 3.8) is 0 Å². The fourth-order valence-corrected chi connectivity index (χ4v) is 3.84. The van der Waals surface area contributed by atoms with Crippen LogP contribution in [0.4, 0.5) is 0 Å². The van der Waals surface area contributed by atoms with Crippen LogP contribution in [0.5, 0.6) is 5.75 Å². The van der Waals surface area contributed by atoms with Crippen LogP contribution in [0.3, 0.4) is 0 Å². The highest BCUT2D eigenvalue weighted by atomic mass is 16.5. The topological polar surface area (TPSA) is 48.4 Å². The predicted molar refractivity (Wildman–Crippen MR) is 109 cm³/mol. The lowest BCUT2D eigenvalue weighted by Crippen LogP contribution is -2.41. The van der Waals surface area contributed by atoms with Gasteiger partial charge in [0.1, 0.15) is 17.0 Å². The largest absolute Gasteiger partial charge is 0.488 e. The fraction of sp³-hybridized carbons (Fsp3) is 0.417. The second-order valence-electron chi connectivity index (χ2n) is 8.42. The van der Waals surface area contributed by atoms with Gasteiger partial charge in [-0.1, -0.05) is 25.8 Å². The van der Waals surface area contributed by atoms with E-state index in [-0.39, 0.29) is 23.4 Å². The van der Waals surface area contributed by atoms with Gasteiger partial charge in [-0.05, 0) is 68.4 Å². The zero-order valence-corrected chi connectivity index (χ0v) is 17.3. The summed E-state index contributed by atoms with van der Waals surface area (Å²) in [4.78, 5) is 15.9. The van der Waals surface area contributed by atoms with E-state index in [0.29, 0.717) is 12.3 Å². The summed E-state index contributed by atoms with van der Waals surface area (Å²) in [6.07, 6.45) is 2.85. The minimum absolute atomic E-state index is 0.0295. The molecule has 1 aromatic carbocycles. The Bertz CT molecular complexity index is 931. The summed E-state index contributed by atoms with van der Waals surface area (Å²) in [5.41, 5.74) is 3.48. The fourth-order valence-electron chi connectivity index (χ4n) is 3.84. The van der Waals surface area contributed by atoms with Crippen LogP contribution in [0, 0.1) is 11.8 Å². The molecule has 0 spiro atoms. The van der Waals surface area contributed by atoms with E-state index in [9.17, 15) is 4.79 Å². The van der Waals surface area contributed by atoms with Gasteiger partial charge >= 0.3 is 5.97 Å². The Balaban J connectivity index is 1.77. The Labute approximate surface area is 167 Å². The number of carbonyl (C=O) groups is 1. The number of hydrogen-bond acceptors (Lipinski definition) is 4. The van der Waals surface area contributed by atoms with Gasteiger partial charge in [-0.3, -0.25) is 4.79 Å². The summed E-state index contributed by atoms with van der Waals surface area (Å²) in [7, 11) is 0. The highest BCUT2D eigenvalue weighted by Crippen LogP contribution is 2.44. The molecule has 0 saturated heterocycles. The van der Waals surface area contributed by atoms with Crippen molar-refractivity contribution in [1.29, 1.82) is 0 Å². The molecule has 2 heterocycles. The lowest BCUT2D eigenvalue weighted by molar-refractivity contribution is -0.142. The molecular formula is C24H27NO3. The van der Waals surface area contributed by atoms with Gasteiger partial charge in [0.05, 0.1) is 13.0 Å². The number of pyridine rings is 1. The van der Waals surface area contributed by atoms with Crippen molar-refractivity contribution in [2.75, 3.05) is 6.61 Å². The molecule has 0 unspecified atom stereocenters. The van der Waals surface area contributed by atoms with Gasteiger partial charge in [0.2, 0.25) is 0 Å². The van der Waals surface area contributed by atoms with E-state index in [4.69, 9.17) is 9.47 Å². The maximum atomic E-state index is 11.5. The lowest BCUT2D eigenvalue weighted by Gasteiger charge is -2.42. The molecule has 0 amide bonds. The number of hydrogen-bond donors (Lipinski definition) is 0. The zero-order chi connectivity index (χ0) is 20.4. The van der Waals surface area contributed by atoms with E-state index < -0.39 is 0 Å². The highest BCUT2D eigenvalue weighted by molar-refractivity contribution is 5.72. The number of aromatic nitrogens is 1. The first-order valence-corrected chi connectivity index (χ1v) is 9.65. The third kappa shape index (κ3) is 4.72. The SMILES string of the molecule is CCOC(=O)Cc1ccc(C#Cc2ccc3c(c2)C(C)(C)CC(C)(C)O3)nc1. The summed E-state index contributed by atoms with van der Waals surface area (Å²) in [6, 6.07) is 9.80. The number of fused-ring (bicyclic) bond motifs is 1. The van der Waals surface area contributed by atoms with Crippen molar-refractivity contribution < 1.29 is 14.3 Å². The molecule has 1 aromatic heterocycles. The van der Waals surface area contributed by atoms with E-state index in [1.165, 1.54) is 5.56 Å². The molecule has 0 fully saturated rings. The van der Waals surface area contributed by atoms with E-state index in [2.05, 4.69) is 50.6 Å². The molecule has 1 aliphatic heterocycles. The number of esters is 1. The van der Waals surface area contributed by atoms with Crippen LogP contribution in [-0.4, -0.2) is 23.2 Å². The van der Waals surface area contributed by atoms with Gasteiger partial charge in [0.15, 0.2) is 0 Å². The Morgan fingerprint density at radius 1 is 1.18 bits per heavy atom. The minimum Gasteiger partial charge on any atom is -0.488 e. The Morgan fingerprint density at radius 3 is 2.64 bits per heavy atom. The number of carbonyl (C=O) groups excluding carboxylic acids is 1. The summed E-state index contributed by atoms with van der Waals surface area (Å²) in [6.45, 7) is 10.9. The molecule has 4 heteroatoms. The van der Waals surface area contributed by atoms with Crippen LogP contribution in [0.25, 0.3) is 0 Å². The quantitative estimate of drug-likeness (QED) is 0.587. The van der Waals surface area contributed by atoms with Gasteiger partial charge in [-0.2, -0.15) is 0 Å². The average Bonchev–Trinajstić information content (AvgIpc) is 2.60. The van der Waals surface area contributed by atoms with Gasteiger partial charge < -0.3 is 9.47 Å². The van der Waals surface area contributed by atoms with Gasteiger partial charge in [-0.15, -0.1) is 0 Å². The van der Waals surface area contributed by atoms with Crippen LogP contribution >= 0.6 is 0 Å². The Morgan fingerprint density at radius 2 is 1.96 bits per heavy atom. The molecule has 2 aromatic rings. The van der Waals surface area contributed by atoms with Crippen LogP contribution < -0.4 is 4.74 Å². The molecule has 1 aliphatic rings. The molecular weight excluding hydrogens is 350 g/mol. The number of rotatable bonds is 3. The monoisotopic (exact) mass is 377 g/mol. The molecule has 4 nitrogen and oxygen atoms in total. The van der Waals surface area contributed by atoms with Crippen molar-refractivity contribution in [3.05, 3.63) is 58.9 Å². The predicted octanol–water partition coefficient (Wildman–Crippen LogP) is 4.43. The summed E-state index contributed by atoms with van der Waals surface area (Å²) in [5, 5.41) is 0. The van der Waals surface area contributed by atoms with Gasteiger partial charge in [-0.25, -0.2) is 4.98 Å². The van der Waals surface area contributed by atoms with Crippen molar-refractivity contribution in [2.24, 2.45) is 0 Å². The Kier molecular flexibility index (Phi) is 5.47. The molecule has 0 atom stereocenters. The Hall–Kier alpha value is -2.80. The smallest absolute Gasteiger partial charge is 0.310 e. The first-order valence-electron chi connectivity index (χ1n) is 9.65. The summed E-state index contributed by atoms with van der Waals surface area (Å²) >= 11 is 0. The third-order valence-electron chi connectivity index (χ3n) is 4.78. The van der Waals surface area contributed by atoms with E-state index in [1.54, 1.807) is 13.1 Å². The lowest BCUT2D eigenvalue weighted by atomic mass is 9.73. The van der Waals surface area contributed by atoms with Gasteiger partial charge in [0, 0.05) is 17.3 Å². The normalized spacial score (nSPS) is 16.2. The number of benzene rings is 1. The van der Waals surface area contributed by atoms with Crippen LogP contribution in [0.15, 0.2) is 36.5 Å². The molecule has 0 radical (unpaired) electrons. The maximum absolute atomic E-state index is 11.5. The molecule has 146 valence electrons. The standard InChI is InChI=1S/C24H27NO3/c1-6-27-22(26)14-18-8-11-19(25-15-18)10-7-17-9-12-21-20(13-17)23(2,3)16-24(4,5)28-21/h8-9,11-13,15H,6,14,16H2,1-5H3. The summed E-state index contributed by atoms with van der Waals surface area (Å²) < 4.78 is 11.1. The molecule has 0 bridgehead atoms. The second kappa shape index (κ2) is 7.67. The zero-order valence-electron chi connectivity index (χ0n) is 17.3. The van der Waals surface area contributed by atoms with Crippen molar-refractivity contribution in [2.45, 2.75) is 58.5 Å². The number of ether oxygens (including phenoxy) is 2. The third-order valence-corrected chi connectivity index (χ3v) is 4.78. The van der Waals surface area contributed by atoms with E-state index in [1.807, 2.05) is 24.3 Å². The second-order valence-corrected chi connectivity index (χ2v) is 8.42. The van der Waals surface area contributed by atoms with Crippen molar-refractivity contribution in [3.8, 4) is 17.6 Å². The van der Waals surface area contributed by atoms with Crippen LogP contribution in [-0.2, 0) is 21.4 Å².